The van der Waals surface area contributed by atoms with Gasteiger partial charge in [0, 0.05) is 13.1 Å². The number of nitrogens with zero attached hydrogens (tertiary/aromatic N) is 1. The predicted octanol–water partition coefficient (Wildman–Crippen LogP) is -0.508. The molecule has 0 saturated heterocycles. The molecule has 1 aliphatic heterocycles. The molecule has 0 spiro atoms. The van der Waals surface area contributed by atoms with Gasteiger partial charge in [0.05, 0.1) is 0 Å². The Balaban J connectivity index is 2.09. The Bertz CT molecular complexity index is 460. The van der Waals surface area contributed by atoms with Crippen LogP contribution in [0.2, 0.25) is 0 Å². The molecule has 5 nitrogen and oxygen atoms in total. The lowest BCUT2D eigenvalue weighted by atomic mass is 9.99. The summed E-state index contributed by atoms with van der Waals surface area (Å²) in [4.78, 5) is 23.7. The van der Waals surface area contributed by atoms with E-state index in [9.17, 15) is 14.7 Å². The van der Waals surface area contributed by atoms with Crippen LogP contribution in [0.3, 0.4) is 0 Å². The van der Waals surface area contributed by atoms with Crippen LogP contribution < -0.4 is 0 Å². The summed E-state index contributed by atoms with van der Waals surface area (Å²) in [6, 6.07) is 7.77. The third kappa shape index (κ3) is 2.42. The third-order valence-corrected chi connectivity index (χ3v) is 3.16. The first kappa shape index (κ1) is 12.7. The van der Waals surface area contributed by atoms with E-state index in [4.69, 9.17) is 5.11 Å². The number of carbonyl (C=O) groups excluding carboxylic acids is 2. The Labute approximate surface area is 105 Å². The van der Waals surface area contributed by atoms with Crippen molar-refractivity contribution in [2.24, 2.45) is 0 Å². The molecule has 1 amide bonds. The predicted molar refractivity (Wildman–Crippen MR) is 63.6 cm³/mol. The molecule has 0 bridgehead atoms. The second-order valence-electron chi connectivity index (χ2n) is 4.35. The van der Waals surface area contributed by atoms with Crippen LogP contribution in [0.15, 0.2) is 24.3 Å². The SMILES string of the molecule is O=CC(O)C(O)C(=O)N1CCc2ccccc2C1. The summed E-state index contributed by atoms with van der Waals surface area (Å²) in [6.45, 7) is 0.885. The molecule has 1 aromatic rings. The lowest BCUT2D eigenvalue weighted by molar-refractivity contribution is -0.149. The van der Waals surface area contributed by atoms with E-state index < -0.39 is 18.1 Å². The Morgan fingerprint density at radius 3 is 2.61 bits per heavy atom. The third-order valence-electron chi connectivity index (χ3n) is 3.16. The molecule has 2 rings (SSSR count). The van der Waals surface area contributed by atoms with Crippen LogP contribution >= 0.6 is 0 Å². The maximum absolute atomic E-state index is 11.9. The van der Waals surface area contributed by atoms with Gasteiger partial charge in [0.15, 0.2) is 12.4 Å². The highest BCUT2D eigenvalue weighted by atomic mass is 16.3. The second-order valence-corrected chi connectivity index (χ2v) is 4.35. The highest BCUT2D eigenvalue weighted by Crippen LogP contribution is 2.19. The maximum atomic E-state index is 11.9. The van der Waals surface area contributed by atoms with Crippen molar-refractivity contribution in [3.8, 4) is 0 Å². The van der Waals surface area contributed by atoms with Crippen LogP contribution in [-0.4, -0.2) is 46.1 Å². The van der Waals surface area contributed by atoms with Crippen molar-refractivity contribution in [3.05, 3.63) is 35.4 Å². The van der Waals surface area contributed by atoms with E-state index in [1.165, 1.54) is 10.5 Å². The van der Waals surface area contributed by atoms with Crippen molar-refractivity contribution >= 4 is 12.2 Å². The lowest BCUT2D eigenvalue weighted by Gasteiger charge is -2.30. The number of aldehydes is 1. The summed E-state index contributed by atoms with van der Waals surface area (Å²) >= 11 is 0. The number of carbonyl (C=O) groups is 2. The fraction of sp³-hybridized carbons (Fsp3) is 0.385. The van der Waals surface area contributed by atoms with Gasteiger partial charge in [-0.2, -0.15) is 0 Å². The number of hydrogen-bond acceptors (Lipinski definition) is 4. The van der Waals surface area contributed by atoms with Crippen LogP contribution in [0.5, 0.6) is 0 Å². The van der Waals surface area contributed by atoms with Gasteiger partial charge in [0.25, 0.3) is 5.91 Å². The van der Waals surface area contributed by atoms with Crippen LogP contribution in [0.25, 0.3) is 0 Å². The zero-order chi connectivity index (χ0) is 13.1. The van der Waals surface area contributed by atoms with Crippen LogP contribution in [0.4, 0.5) is 0 Å². The minimum atomic E-state index is -1.67. The molecule has 2 unspecified atom stereocenters. The van der Waals surface area contributed by atoms with Gasteiger partial charge in [-0.15, -0.1) is 0 Å². The number of amides is 1. The first-order valence-electron chi connectivity index (χ1n) is 5.80. The Morgan fingerprint density at radius 2 is 1.94 bits per heavy atom. The molecule has 96 valence electrons. The molecule has 2 atom stereocenters. The minimum Gasteiger partial charge on any atom is -0.382 e. The minimum absolute atomic E-state index is 0.167. The number of hydrogen-bond donors (Lipinski definition) is 2. The lowest BCUT2D eigenvalue weighted by Crippen LogP contribution is -2.47. The molecule has 2 N–H and O–H groups in total. The van der Waals surface area contributed by atoms with Gasteiger partial charge in [0.1, 0.15) is 6.10 Å². The number of aliphatic hydroxyl groups is 2. The molecule has 18 heavy (non-hydrogen) atoms. The fourth-order valence-corrected chi connectivity index (χ4v) is 2.09. The maximum Gasteiger partial charge on any atom is 0.254 e. The summed E-state index contributed by atoms with van der Waals surface area (Å²) < 4.78 is 0. The van der Waals surface area contributed by atoms with E-state index in [0.717, 1.165) is 5.56 Å². The zero-order valence-electron chi connectivity index (χ0n) is 9.82. The van der Waals surface area contributed by atoms with Gasteiger partial charge in [0.2, 0.25) is 0 Å². The van der Waals surface area contributed by atoms with Gasteiger partial charge < -0.3 is 19.9 Å². The molecule has 1 aliphatic rings. The molecule has 0 fully saturated rings. The molecule has 5 heteroatoms. The van der Waals surface area contributed by atoms with Gasteiger partial charge in [-0.05, 0) is 17.5 Å². The largest absolute Gasteiger partial charge is 0.382 e. The average molecular weight is 249 g/mol. The molecule has 1 heterocycles. The fourth-order valence-electron chi connectivity index (χ4n) is 2.09. The molecule has 0 saturated carbocycles. The van der Waals surface area contributed by atoms with E-state index in [-0.39, 0.29) is 6.29 Å². The number of rotatable bonds is 3. The van der Waals surface area contributed by atoms with E-state index in [1.54, 1.807) is 0 Å². The number of benzene rings is 1. The quantitative estimate of drug-likeness (QED) is 0.707. The smallest absolute Gasteiger partial charge is 0.254 e. The van der Waals surface area contributed by atoms with Crippen molar-refractivity contribution in [1.29, 1.82) is 0 Å². The molecular weight excluding hydrogens is 234 g/mol. The van der Waals surface area contributed by atoms with Gasteiger partial charge >= 0.3 is 0 Å². The first-order valence-corrected chi connectivity index (χ1v) is 5.80. The van der Waals surface area contributed by atoms with Crippen molar-refractivity contribution in [2.75, 3.05) is 6.54 Å². The van der Waals surface area contributed by atoms with Crippen LogP contribution in [0, 0.1) is 0 Å². The Hall–Kier alpha value is -1.72. The summed E-state index contributed by atoms with van der Waals surface area (Å²) in [5.41, 5.74) is 2.22. The molecular formula is C13H15NO4. The van der Waals surface area contributed by atoms with Crippen molar-refractivity contribution in [1.82, 2.24) is 4.90 Å². The van der Waals surface area contributed by atoms with E-state index >= 15 is 0 Å². The van der Waals surface area contributed by atoms with Crippen molar-refractivity contribution < 1.29 is 19.8 Å². The van der Waals surface area contributed by atoms with Crippen molar-refractivity contribution in [2.45, 2.75) is 25.2 Å². The summed E-state index contributed by atoms with van der Waals surface area (Å²) in [6.07, 6.45) is -2.45. The summed E-state index contributed by atoms with van der Waals surface area (Å²) in [7, 11) is 0. The zero-order valence-corrected chi connectivity index (χ0v) is 9.82. The second kappa shape index (κ2) is 5.29. The first-order chi connectivity index (χ1) is 8.63. The Morgan fingerprint density at radius 1 is 1.28 bits per heavy atom. The van der Waals surface area contributed by atoms with Gasteiger partial charge in [-0.1, -0.05) is 24.3 Å². The highest BCUT2D eigenvalue weighted by Gasteiger charge is 2.30. The Kier molecular flexibility index (Phi) is 3.74. The molecule has 0 aromatic heterocycles. The van der Waals surface area contributed by atoms with Crippen LogP contribution in [-0.2, 0) is 22.6 Å². The summed E-state index contributed by atoms with van der Waals surface area (Å²) in [5, 5.41) is 18.7. The number of fused-ring (bicyclic) bond motifs is 1. The van der Waals surface area contributed by atoms with Crippen LogP contribution in [0.1, 0.15) is 11.1 Å². The van der Waals surface area contributed by atoms with E-state index in [0.29, 0.717) is 19.5 Å². The topological polar surface area (TPSA) is 77.8 Å². The molecule has 1 aromatic carbocycles. The van der Waals surface area contributed by atoms with Crippen molar-refractivity contribution in [3.63, 3.8) is 0 Å². The van der Waals surface area contributed by atoms with Gasteiger partial charge in [-0.3, -0.25) is 4.79 Å². The normalized spacial score (nSPS) is 17.8. The highest BCUT2D eigenvalue weighted by molar-refractivity contribution is 5.84. The molecule has 0 aliphatic carbocycles. The van der Waals surface area contributed by atoms with Gasteiger partial charge in [-0.25, -0.2) is 0 Å². The summed E-state index contributed by atoms with van der Waals surface area (Å²) in [5.74, 6) is -0.607. The monoisotopic (exact) mass is 249 g/mol. The molecule has 0 radical (unpaired) electrons. The van der Waals surface area contributed by atoms with E-state index in [2.05, 4.69) is 0 Å². The average Bonchev–Trinajstić information content (AvgIpc) is 2.44. The van der Waals surface area contributed by atoms with E-state index in [1.807, 2.05) is 24.3 Å². The standard InChI is InChI=1S/C13H15NO4/c15-8-11(16)12(17)13(18)14-6-5-9-3-1-2-4-10(9)7-14/h1-4,8,11-12,16-17H,5-7H2. The number of aliphatic hydroxyl groups excluding tert-OH is 2.